The van der Waals surface area contributed by atoms with Crippen LogP contribution in [0.1, 0.15) is 24.1 Å². The Morgan fingerprint density at radius 2 is 2.19 bits per heavy atom. The van der Waals surface area contributed by atoms with Crippen molar-refractivity contribution in [1.29, 1.82) is 0 Å². The molecule has 0 unspecified atom stereocenters. The molecule has 1 aliphatic heterocycles. The molecule has 2 aromatic rings. The van der Waals surface area contributed by atoms with Crippen LogP contribution in [0.5, 0.6) is 0 Å². The molecule has 112 valence electrons. The highest BCUT2D eigenvalue weighted by molar-refractivity contribution is 6.42. The summed E-state index contributed by atoms with van der Waals surface area (Å²) in [5.74, 6) is 0. The fourth-order valence-electron chi connectivity index (χ4n) is 2.79. The highest BCUT2D eigenvalue weighted by atomic mass is 35.5. The molecule has 0 radical (unpaired) electrons. The maximum Gasteiger partial charge on any atom is 0.123 e. The second-order valence-electron chi connectivity index (χ2n) is 5.45. The van der Waals surface area contributed by atoms with Crippen molar-refractivity contribution in [2.45, 2.75) is 25.0 Å². The van der Waals surface area contributed by atoms with Crippen LogP contribution >= 0.6 is 23.2 Å². The molecule has 1 fully saturated rings. The number of aromatic amines is 1. The van der Waals surface area contributed by atoms with Gasteiger partial charge in [0, 0.05) is 13.1 Å². The number of aromatic nitrogens is 3. The van der Waals surface area contributed by atoms with Crippen LogP contribution in [0.2, 0.25) is 10.0 Å². The quantitative estimate of drug-likeness (QED) is 0.909. The monoisotopic (exact) mass is 326 g/mol. The van der Waals surface area contributed by atoms with E-state index in [9.17, 15) is 5.11 Å². The molecule has 7 heteroatoms. The lowest BCUT2D eigenvalue weighted by molar-refractivity contribution is -0.0414. The maximum absolute atomic E-state index is 10.8. The second kappa shape index (κ2) is 5.93. The molecule has 2 heterocycles. The number of nitrogens with zero attached hydrogens (tertiary/aromatic N) is 3. The van der Waals surface area contributed by atoms with Gasteiger partial charge in [-0.3, -0.25) is 4.90 Å². The van der Waals surface area contributed by atoms with Crippen LogP contribution in [0.25, 0.3) is 0 Å². The first-order valence-corrected chi connectivity index (χ1v) is 7.57. The molecule has 0 saturated carbocycles. The molecule has 5 nitrogen and oxygen atoms in total. The van der Waals surface area contributed by atoms with Crippen LogP contribution in [0.3, 0.4) is 0 Å². The number of nitrogens with one attached hydrogen (secondary N) is 1. The number of piperidine rings is 1. The van der Waals surface area contributed by atoms with Crippen LogP contribution in [0.15, 0.2) is 24.4 Å². The summed E-state index contributed by atoms with van der Waals surface area (Å²) in [4.78, 5) is 2.19. The van der Waals surface area contributed by atoms with Gasteiger partial charge in [-0.1, -0.05) is 29.3 Å². The van der Waals surface area contributed by atoms with E-state index in [-0.39, 0.29) is 0 Å². The molecule has 2 N–H and O–H groups in total. The lowest BCUT2D eigenvalue weighted by Gasteiger charge is -2.38. The predicted octanol–water partition coefficient (Wildman–Crippen LogP) is 2.60. The van der Waals surface area contributed by atoms with E-state index in [0.717, 1.165) is 25.1 Å². The highest BCUT2D eigenvalue weighted by Crippen LogP contribution is 2.31. The number of rotatable bonds is 3. The van der Waals surface area contributed by atoms with Crippen LogP contribution < -0.4 is 0 Å². The Morgan fingerprint density at radius 3 is 2.90 bits per heavy atom. The van der Waals surface area contributed by atoms with Crippen LogP contribution in [-0.2, 0) is 12.1 Å². The van der Waals surface area contributed by atoms with Gasteiger partial charge >= 0.3 is 0 Å². The van der Waals surface area contributed by atoms with E-state index < -0.39 is 5.60 Å². The van der Waals surface area contributed by atoms with Gasteiger partial charge in [-0.25, -0.2) is 0 Å². The number of likely N-dealkylation sites (tertiary alicyclic amines) is 1. The molecular weight excluding hydrogens is 311 g/mol. The van der Waals surface area contributed by atoms with E-state index in [2.05, 4.69) is 20.3 Å². The zero-order valence-corrected chi connectivity index (χ0v) is 12.9. The molecule has 21 heavy (non-hydrogen) atoms. The van der Waals surface area contributed by atoms with Crippen molar-refractivity contribution >= 4 is 23.2 Å². The van der Waals surface area contributed by atoms with Crippen molar-refractivity contribution in [2.75, 3.05) is 13.1 Å². The fourth-order valence-corrected chi connectivity index (χ4v) is 3.11. The topological polar surface area (TPSA) is 65.0 Å². The number of hydrogen-bond acceptors (Lipinski definition) is 4. The van der Waals surface area contributed by atoms with Gasteiger partial charge in [0.05, 0.1) is 16.2 Å². The number of benzene rings is 1. The first kappa shape index (κ1) is 14.8. The molecule has 0 amide bonds. The molecule has 1 aliphatic rings. The molecule has 1 saturated heterocycles. The van der Waals surface area contributed by atoms with E-state index >= 15 is 0 Å². The molecule has 1 atom stereocenters. The van der Waals surface area contributed by atoms with Crippen molar-refractivity contribution in [1.82, 2.24) is 20.3 Å². The SMILES string of the molecule is O[C@]1(c2cn[nH]n2)CCCN(Cc2ccc(Cl)c(Cl)c2)C1. The first-order valence-electron chi connectivity index (χ1n) is 6.82. The van der Waals surface area contributed by atoms with Gasteiger partial charge in [0.25, 0.3) is 0 Å². The summed E-state index contributed by atoms with van der Waals surface area (Å²) >= 11 is 12.0. The summed E-state index contributed by atoms with van der Waals surface area (Å²) in [6, 6.07) is 5.62. The van der Waals surface area contributed by atoms with Crippen molar-refractivity contribution in [3.05, 3.63) is 45.7 Å². The number of H-pyrrole nitrogens is 1. The summed E-state index contributed by atoms with van der Waals surface area (Å²) in [6.07, 6.45) is 3.19. The van der Waals surface area contributed by atoms with Crippen LogP contribution in [0.4, 0.5) is 0 Å². The smallest absolute Gasteiger partial charge is 0.123 e. The van der Waals surface area contributed by atoms with E-state index in [1.54, 1.807) is 12.3 Å². The third-order valence-electron chi connectivity index (χ3n) is 3.83. The third kappa shape index (κ3) is 3.21. The Kier molecular flexibility index (Phi) is 4.17. The van der Waals surface area contributed by atoms with Crippen molar-refractivity contribution < 1.29 is 5.11 Å². The van der Waals surface area contributed by atoms with Crippen LogP contribution in [0, 0.1) is 0 Å². The minimum atomic E-state index is -0.943. The van der Waals surface area contributed by atoms with Crippen molar-refractivity contribution in [3.63, 3.8) is 0 Å². The molecule has 0 bridgehead atoms. The zero-order chi connectivity index (χ0) is 14.9. The largest absolute Gasteiger partial charge is 0.382 e. The molecule has 1 aromatic carbocycles. The highest BCUT2D eigenvalue weighted by Gasteiger charge is 2.37. The number of halogens is 2. The average molecular weight is 327 g/mol. The minimum absolute atomic E-state index is 0.528. The van der Waals surface area contributed by atoms with Gasteiger partial charge in [-0.05, 0) is 37.1 Å². The molecule has 1 aromatic heterocycles. The van der Waals surface area contributed by atoms with Crippen LogP contribution in [-0.4, -0.2) is 38.5 Å². The summed E-state index contributed by atoms with van der Waals surface area (Å²) < 4.78 is 0. The standard InChI is InChI=1S/C14H16Cl2N4O/c15-11-3-2-10(6-12(11)16)8-20-5-1-4-14(21,9-20)13-7-17-19-18-13/h2-3,6-7,21H,1,4-5,8-9H2,(H,17,18,19)/t14-/m1/s1. The van der Waals surface area contributed by atoms with Gasteiger partial charge in [-0.2, -0.15) is 15.4 Å². The summed E-state index contributed by atoms with van der Waals surface area (Å²) in [5, 5.41) is 22.2. The Labute approximate surface area is 132 Å². The van der Waals surface area contributed by atoms with Crippen molar-refractivity contribution in [3.8, 4) is 0 Å². The van der Waals surface area contributed by atoms with E-state index in [0.29, 0.717) is 28.7 Å². The Balaban J connectivity index is 1.73. The zero-order valence-electron chi connectivity index (χ0n) is 11.4. The number of β-amino-alcohol motifs (C(OH)–C–C–N with tert-alkyl or cyclic N) is 1. The maximum atomic E-state index is 10.8. The Morgan fingerprint density at radius 1 is 1.33 bits per heavy atom. The minimum Gasteiger partial charge on any atom is -0.382 e. The number of aliphatic hydroxyl groups is 1. The third-order valence-corrected chi connectivity index (χ3v) is 4.57. The predicted molar refractivity (Wildman–Crippen MR) is 81.3 cm³/mol. The van der Waals surface area contributed by atoms with Gasteiger partial charge in [0.1, 0.15) is 11.3 Å². The van der Waals surface area contributed by atoms with Gasteiger partial charge in [-0.15, -0.1) is 0 Å². The second-order valence-corrected chi connectivity index (χ2v) is 6.26. The number of hydrogen-bond donors (Lipinski definition) is 2. The average Bonchev–Trinajstić information content (AvgIpc) is 2.98. The van der Waals surface area contributed by atoms with E-state index in [4.69, 9.17) is 23.2 Å². The van der Waals surface area contributed by atoms with E-state index in [1.807, 2.05) is 12.1 Å². The Bertz CT molecular complexity index is 619. The first-order chi connectivity index (χ1) is 10.1. The van der Waals surface area contributed by atoms with Crippen molar-refractivity contribution in [2.24, 2.45) is 0 Å². The normalized spacial score (nSPS) is 23.4. The lowest BCUT2D eigenvalue weighted by atomic mass is 9.90. The van der Waals surface area contributed by atoms with E-state index in [1.165, 1.54) is 0 Å². The van der Waals surface area contributed by atoms with Gasteiger partial charge in [0.15, 0.2) is 0 Å². The molecule has 3 rings (SSSR count). The molecular formula is C14H16Cl2N4O. The van der Waals surface area contributed by atoms with Gasteiger partial charge < -0.3 is 5.11 Å². The Hall–Kier alpha value is -1.14. The molecule has 0 aliphatic carbocycles. The summed E-state index contributed by atoms with van der Waals surface area (Å²) in [5.41, 5.74) is 0.733. The lowest BCUT2D eigenvalue weighted by Crippen LogP contribution is -2.45. The molecule has 0 spiro atoms. The fraction of sp³-hybridized carbons (Fsp3) is 0.429. The van der Waals surface area contributed by atoms with Gasteiger partial charge in [0.2, 0.25) is 0 Å². The summed E-state index contributed by atoms with van der Waals surface area (Å²) in [7, 11) is 0. The summed E-state index contributed by atoms with van der Waals surface area (Å²) in [6.45, 7) is 2.18.